The van der Waals surface area contributed by atoms with Crippen molar-refractivity contribution in [1.82, 2.24) is 14.7 Å². The molecular formula is C16H25N3O3. The van der Waals surface area contributed by atoms with Gasteiger partial charge in [-0.1, -0.05) is 0 Å². The lowest BCUT2D eigenvalue weighted by Crippen LogP contribution is -2.53. The summed E-state index contributed by atoms with van der Waals surface area (Å²) in [7, 11) is 3.51. The molecule has 1 aromatic heterocycles. The predicted molar refractivity (Wildman–Crippen MR) is 81.7 cm³/mol. The standard InChI is InChI=1S/C16H25N3O3/c1-4-18-9-6-13(17-18)15(20)19-10-8-16(22-3)7-5-12(21-2)11-14(16)19/h6,9,12,14H,4-5,7-8,10-11H2,1-3H3/t12?,14?,16-/m1/s1. The average molecular weight is 307 g/mol. The molecule has 122 valence electrons. The van der Waals surface area contributed by atoms with E-state index in [1.54, 1.807) is 25.0 Å². The molecule has 6 nitrogen and oxygen atoms in total. The molecule has 1 saturated heterocycles. The van der Waals surface area contributed by atoms with E-state index < -0.39 is 0 Å². The summed E-state index contributed by atoms with van der Waals surface area (Å²) < 4.78 is 13.2. The number of aromatic nitrogens is 2. The van der Waals surface area contributed by atoms with Gasteiger partial charge < -0.3 is 14.4 Å². The first-order valence-corrected chi connectivity index (χ1v) is 8.06. The zero-order valence-electron chi connectivity index (χ0n) is 13.6. The normalized spacial score (nSPS) is 31.3. The van der Waals surface area contributed by atoms with Crippen molar-refractivity contribution in [3.8, 4) is 0 Å². The Balaban J connectivity index is 1.82. The third-order valence-electron chi connectivity index (χ3n) is 5.32. The number of methoxy groups -OCH3 is 2. The van der Waals surface area contributed by atoms with Gasteiger partial charge in [-0.3, -0.25) is 9.48 Å². The van der Waals surface area contributed by atoms with Crippen LogP contribution in [-0.4, -0.2) is 59.1 Å². The number of likely N-dealkylation sites (tertiary alicyclic amines) is 1. The highest BCUT2D eigenvalue weighted by atomic mass is 16.5. The molecule has 2 heterocycles. The number of aryl methyl sites for hydroxylation is 1. The molecular weight excluding hydrogens is 282 g/mol. The number of hydrogen-bond acceptors (Lipinski definition) is 4. The summed E-state index contributed by atoms with van der Waals surface area (Å²) in [4.78, 5) is 14.8. The number of amides is 1. The van der Waals surface area contributed by atoms with Crippen LogP contribution in [0.15, 0.2) is 12.3 Å². The monoisotopic (exact) mass is 307 g/mol. The van der Waals surface area contributed by atoms with Gasteiger partial charge in [0.25, 0.3) is 5.91 Å². The first-order chi connectivity index (χ1) is 10.6. The molecule has 0 aromatic carbocycles. The molecule has 1 aliphatic heterocycles. The molecule has 0 spiro atoms. The lowest BCUT2D eigenvalue weighted by atomic mass is 9.79. The second-order valence-corrected chi connectivity index (χ2v) is 6.22. The molecule has 0 bridgehead atoms. The molecule has 22 heavy (non-hydrogen) atoms. The Morgan fingerprint density at radius 1 is 1.45 bits per heavy atom. The Labute approximate surface area is 131 Å². The molecule has 6 heteroatoms. The van der Waals surface area contributed by atoms with E-state index in [2.05, 4.69) is 5.10 Å². The van der Waals surface area contributed by atoms with Gasteiger partial charge in [-0.15, -0.1) is 0 Å². The molecule has 1 aliphatic carbocycles. The fourth-order valence-electron chi connectivity index (χ4n) is 3.92. The van der Waals surface area contributed by atoms with Gasteiger partial charge in [0.15, 0.2) is 0 Å². The van der Waals surface area contributed by atoms with Crippen LogP contribution in [0.3, 0.4) is 0 Å². The Morgan fingerprint density at radius 2 is 2.27 bits per heavy atom. The molecule has 1 aromatic rings. The van der Waals surface area contributed by atoms with E-state index in [0.29, 0.717) is 5.69 Å². The van der Waals surface area contributed by atoms with E-state index in [-0.39, 0.29) is 23.7 Å². The molecule has 1 amide bonds. The topological polar surface area (TPSA) is 56.6 Å². The maximum atomic E-state index is 12.8. The van der Waals surface area contributed by atoms with Crippen LogP contribution in [0.1, 0.15) is 43.1 Å². The zero-order valence-corrected chi connectivity index (χ0v) is 13.6. The first-order valence-electron chi connectivity index (χ1n) is 8.06. The Bertz CT molecular complexity index is 544. The van der Waals surface area contributed by atoms with Crippen LogP contribution in [-0.2, 0) is 16.0 Å². The maximum Gasteiger partial charge on any atom is 0.274 e. The van der Waals surface area contributed by atoms with Gasteiger partial charge in [0.05, 0.1) is 17.7 Å². The Morgan fingerprint density at radius 3 is 2.91 bits per heavy atom. The van der Waals surface area contributed by atoms with Crippen molar-refractivity contribution in [2.75, 3.05) is 20.8 Å². The molecule has 2 fully saturated rings. The summed E-state index contributed by atoms with van der Waals surface area (Å²) in [6, 6.07) is 1.88. The second-order valence-electron chi connectivity index (χ2n) is 6.22. The van der Waals surface area contributed by atoms with Gasteiger partial charge in [0.2, 0.25) is 0 Å². The molecule has 3 atom stereocenters. The minimum absolute atomic E-state index is 0.00729. The van der Waals surface area contributed by atoms with Gasteiger partial charge >= 0.3 is 0 Å². The summed E-state index contributed by atoms with van der Waals surface area (Å²) in [6.07, 6.45) is 5.73. The second kappa shape index (κ2) is 6.01. The molecule has 2 unspecified atom stereocenters. The van der Waals surface area contributed by atoms with Crippen molar-refractivity contribution < 1.29 is 14.3 Å². The number of hydrogen-bond donors (Lipinski definition) is 0. The highest BCUT2D eigenvalue weighted by Crippen LogP contribution is 2.43. The number of rotatable bonds is 4. The van der Waals surface area contributed by atoms with E-state index in [1.165, 1.54) is 0 Å². The molecule has 0 radical (unpaired) electrons. The van der Waals surface area contributed by atoms with Gasteiger partial charge in [0.1, 0.15) is 5.69 Å². The first kappa shape index (κ1) is 15.5. The van der Waals surface area contributed by atoms with Crippen molar-refractivity contribution in [2.45, 2.75) is 56.9 Å². The van der Waals surface area contributed by atoms with Crippen molar-refractivity contribution in [3.05, 3.63) is 18.0 Å². The van der Waals surface area contributed by atoms with Crippen LogP contribution in [0, 0.1) is 0 Å². The largest absolute Gasteiger partial charge is 0.381 e. The van der Waals surface area contributed by atoms with Crippen molar-refractivity contribution in [2.24, 2.45) is 0 Å². The number of carbonyl (C=O) groups is 1. The van der Waals surface area contributed by atoms with Crippen LogP contribution < -0.4 is 0 Å². The summed E-state index contributed by atoms with van der Waals surface area (Å²) in [5, 5.41) is 4.35. The maximum absolute atomic E-state index is 12.8. The molecule has 1 saturated carbocycles. The summed E-state index contributed by atoms with van der Waals surface area (Å²) >= 11 is 0. The van der Waals surface area contributed by atoms with Crippen molar-refractivity contribution in [3.63, 3.8) is 0 Å². The van der Waals surface area contributed by atoms with Gasteiger partial charge in [-0.2, -0.15) is 5.10 Å². The fourth-order valence-corrected chi connectivity index (χ4v) is 3.92. The predicted octanol–water partition coefficient (Wildman–Crippen LogP) is 1.70. The van der Waals surface area contributed by atoms with E-state index in [4.69, 9.17) is 9.47 Å². The molecule has 2 aliphatic rings. The lowest BCUT2D eigenvalue weighted by Gasteiger charge is -2.43. The van der Waals surface area contributed by atoms with Gasteiger partial charge in [-0.25, -0.2) is 0 Å². The average Bonchev–Trinajstić information content (AvgIpc) is 3.18. The number of fused-ring (bicyclic) bond motifs is 1. The summed E-state index contributed by atoms with van der Waals surface area (Å²) in [5.74, 6) is 0.00729. The zero-order chi connectivity index (χ0) is 15.7. The van der Waals surface area contributed by atoms with Crippen molar-refractivity contribution >= 4 is 5.91 Å². The number of nitrogens with zero attached hydrogens (tertiary/aromatic N) is 3. The van der Waals surface area contributed by atoms with Gasteiger partial charge in [-0.05, 0) is 38.7 Å². The SMILES string of the molecule is CCn1ccc(C(=O)N2CC[C@]3(OC)CCC(OC)CC23)n1. The smallest absolute Gasteiger partial charge is 0.274 e. The molecule has 3 rings (SSSR count). The summed E-state index contributed by atoms with van der Waals surface area (Å²) in [5.41, 5.74) is 0.311. The van der Waals surface area contributed by atoms with Crippen LogP contribution in [0.25, 0.3) is 0 Å². The third-order valence-corrected chi connectivity index (χ3v) is 5.32. The quantitative estimate of drug-likeness (QED) is 0.849. The van der Waals surface area contributed by atoms with Crippen LogP contribution in [0.5, 0.6) is 0 Å². The van der Waals surface area contributed by atoms with Crippen molar-refractivity contribution in [1.29, 1.82) is 0 Å². The fraction of sp³-hybridized carbons (Fsp3) is 0.750. The summed E-state index contributed by atoms with van der Waals surface area (Å²) in [6.45, 7) is 3.51. The third kappa shape index (κ3) is 2.44. The van der Waals surface area contributed by atoms with E-state index in [0.717, 1.165) is 38.8 Å². The highest BCUT2D eigenvalue weighted by molar-refractivity contribution is 5.92. The minimum Gasteiger partial charge on any atom is -0.381 e. The van der Waals surface area contributed by atoms with Gasteiger partial charge in [0, 0.05) is 33.5 Å². The Hall–Kier alpha value is -1.40. The minimum atomic E-state index is -0.210. The van der Waals surface area contributed by atoms with E-state index in [9.17, 15) is 4.79 Å². The number of carbonyl (C=O) groups excluding carboxylic acids is 1. The number of ether oxygens (including phenoxy) is 2. The lowest BCUT2D eigenvalue weighted by molar-refractivity contribution is -0.0894. The van der Waals surface area contributed by atoms with Crippen LogP contribution in [0.2, 0.25) is 0 Å². The van der Waals surface area contributed by atoms with E-state index in [1.807, 2.05) is 18.0 Å². The van der Waals surface area contributed by atoms with E-state index >= 15 is 0 Å². The Kier molecular flexibility index (Phi) is 4.23. The highest BCUT2D eigenvalue weighted by Gasteiger charge is 2.52. The molecule has 0 N–H and O–H groups in total. The van der Waals surface area contributed by atoms with Crippen LogP contribution in [0.4, 0.5) is 0 Å². The van der Waals surface area contributed by atoms with Crippen LogP contribution >= 0.6 is 0 Å².